The highest BCUT2D eigenvalue weighted by molar-refractivity contribution is 5.89. The number of carbonyl (C=O) groups is 1. The van der Waals surface area contributed by atoms with Gasteiger partial charge in [-0.3, -0.25) is 14.9 Å². The van der Waals surface area contributed by atoms with E-state index in [1.165, 1.54) is 30.5 Å². The average molecular weight is 441 g/mol. The third-order valence-electron chi connectivity index (χ3n) is 4.62. The quantitative estimate of drug-likeness (QED) is 0.253. The summed E-state index contributed by atoms with van der Waals surface area (Å²) < 4.78 is 7.09. The third-order valence-corrected chi connectivity index (χ3v) is 4.62. The normalized spacial score (nSPS) is 10.8. The standard InChI is InChI=1S/C24H19N5O4/c30-23(17-33-22-13-11-21(12-14-22)29(31)32)26-25-15-19-16-28(20-9-5-2-6-10-20)27-24(19)18-7-3-1-4-8-18/h1-16H,17H2,(H,26,30). The molecule has 9 nitrogen and oxygen atoms in total. The summed E-state index contributed by atoms with van der Waals surface area (Å²) in [6, 6.07) is 24.8. The monoisotopic (exact) mass is 441 g/mol. The van der Waals surface area contributed by atoms with Crippen molar-refractivity contribution in [1.82, 2.24) is 15.2 Å². The summed E-state index contributed by atoms with van der Waals surface area (Å²) in [5.41, 5.74) is 5.63. The SMILES string of the molecule is O=C(COc1ccc([N+](=O)[O-])cc1)NN=Cc1cn(-c2ccccc2)nc1-c1ccccc1. The first-order valence-electron chi connectivity index (χ1n) is 10.00. The van der Waals surface area contributed by atoms with E-state index in [0.717, 1.165) is 22.5 Å². The van der Waals surface area contributed by atoms with E-state index in [-0.39, 0.29) is 12.3 Å². The number of rotatable bonds is 8. The van der Waals surface area contributed by atoms with E-state index in [9.17, 15) is 14.9 Å². The number of nitrogens with one attached hydrogen (secondary N) is 1. The van der Waals surface area contributed by atoms with Crippen LogP contribution < -0.4 is 10.2 Å². The van der Waals surface area contributed by atoms with Gasteiger partial charge in [0.25, 0.3) is 11.6 Å². The fourth-order valence-corrected chi connectivity index (χ4v) is 3.03. The Morgan fingerprint density at radius 1 is 1.03 bits per heavy atom. The van der Waals surface area contributed by atoms with Crippen molar-refractivity contribution in [3.8, 4) is 22.7 Å². The molecule has 1 amide bonds. The molecular formula is C24H19N5O4. The van der Waals surface area contributed by atoms with Crippen molar-refractivity contribution >= 4 is 17.8 Å². The van der Waals surface area contributed by atoms with Crippen molar-refractivity contribution in [3.63, 3.8) is 0 Å². The van der Waals surface area contributed by atoms with Crippen molar-refractivity contribution in [2.24, 2.45) is 5.10 Å². The fourth-order valence-electron chi connectivity index (χ4n) is 3.03. The molecule has 9 heteroatoms. The first-order chi connectivity index (χ1) is 16.1. The molecule has 33 heavy (non-hydrogen) atoms. The van der Waals surface area contributed by atoms with Gasteiger partial charge in [0, 0.05) is 29.5 Å². The maximum atomic E-state index is 12.1. The van der Waals surface area contributed by atoms with E-state index in [4.69, 9.17) is 4.74 Å². The Labute approximate surface area is 189 Å². The van der Waals surface area contributed by atoms with E-state index >= 15 is 0 Å². The number of aromatic nitrogens is 2. The number of hydrogen-bond donors (Lipinski definition) is 1. The summed E-state index contributed by atoms with van der Waals surface area (Å²) in [5.74, 6) is -0.128. The van der Waals surface area contributed by atoms with E-state index in [1.807, 2.05) is 66.9 Å². The number of hydrogen-bond acceptors (Lipinski definition) is 6. The van der Waals surface area contributed by atoms with Gasteiger partial charge in [-0.15, -0.1) is 0 Å². The minimum atomic E-state index is -0.505. The fraction of sp³-hybridized carbons (Fsp3) is 0.0417. The third kappa shape index (κ3) is 5.47. The molecule has 0 fully saturated rings. The molecular weight excluding hydrogens is 422 g/mol. The molecule has 164 valence electrons. The van der Waals surface area contributed by atoms with Gasteiger partial charge < -0.3 is 4.74 Å². The average Bonchev–Trinajstić information content (AvgIpc) is 3.28. The molecule has 1 N–H and O–H groups in total. The summed E-state index contributed by atoms with van der Waals surface area (Å²) in [5, 5.41) is 19.4. The van der Waals surface area contributed by atoms with Gasteiger partial charge in [0.05, 0.1) is 16.8 Å². The molecule has 1 aromatic heterocycles. The van der Waals surface area contributed by atoms with Crippen molar-refractivity contribution in [1.29, 1.82) is 0 Å². The highest BCUT2D eigenvalue weighted by Crippen LogP contribution is 2.22. The lowest BCUT2D eigenvalue weighted by molar-refractivity contribution is -0.384. The zero-order valence-corrected chi connectivity index (χ0v) is 17.4. The number of non-ortho nitro benzene ring substituents is 1. The Morgan fingerprint density at radius 3 is 2.36 bits per heavy atom. The first kappa shape index (κ1) is 21.4. The van der Waals surface area contributed by atoms with Gasteiger partial charge in [0.15, 0.2) is 6.61 Å². The van der Waals surface area contributed by atoms with Crippen LogP contribution in [0.1, 0.15) is 5.56 Å². The molecule has 0 aliphatic rings. The number of benzene rings is 3. The Balaban J connectivity index is 1.44. The maximum absolute atomic E-state index is 12.1. The van der Waals surface area contributed by atoms with Crippen LogP contribution >= 0.6 is 0 Å². The van der Waals surface area contributed by atoms with Crippen LogP contribution in [0.4, 0.5) is 5.69 Å². The zero-order valence-electron chi connectivity index (χ0n) is 17.4. The maximum Gasteiger partial charge on any atom is 0.277 e. The lowest BCUT2D eigenvalue weighted by Gasteiger charge is -2.04. The van der Waals surface area contributed by atoms with Crippen molar-refractivity contribution < 1.29 is 14.5 Å². The second-order valence-electron chi connectivity index (χ2n) is 6.91. The molecule has 0 unspecified atom stereocenters. The molecule has 0 radical (unpaired) electrons. The van der Waals surface area contributed by atoms with Crippen LogP contribution in [-0.4, -0.2) is 33.4 Å². The van der Waals surface area contributed by atoms with Crippen LogP contribution in [0.3, 0.4) is 0 Å². The molecule has 0 saturated carbocycles. The number of nitro groups is 1. The van der Waals surface area contributed by atoms with Crippen molar-refractivity contribution in [3.05, 3.63) is 107 Å². The van der Waals surface area contributed by atoms with Crippen molar-refractivity contribution in [2.75, 3.05) is 6.61 Å². The molecule has 0 saturated heterocycles. The van der Waals surface area contributed by atoms with E-state index in [1.54, 1.807) is 4.68 Å². The van der Waals surface area contributed by atoms with E-state index < -0.39 is 10.8 Å². The van der Waals surface area contributed by atoms with Crippen LogP contribution in [0.2, 0.25) is 0 Å². The number of hydrazone groups is 1. The summed E-state index contributed by atoms with van der Waals surface area (Å²) in [6.45, 7) is -0.288. The van der Waals surface area contributed by atoms with Gasteiger partial charge in [-0.2, -0.15) is 10.2 Å². The first-order valence-corrected chi connectivity index (χ1v) is 10.00. The lowest BCUT2D eigenvalue weighted by atomic mass is 10.1. The Hall–Kier alpha value is -4.79. The summed E-state index contributed by atoms with van der Waals surface area (Å²) in [6.07, 6.45) is 3.36. The highest BCUT2D eigenvalue weighted by atomic mass is 16.6. The molecule has 1 heterocycles. The number of nitro benzene ring substituents is 1. The Bertz CT molecular complexity index is 1270. The highest BCUT2D eigenvalue weighted by Gasteiger charge is 2.11. The number of amides is 1. The van der Waals surface area contributed by atoms with Gasteiger partial charge in [-0.05, 0) is 24.3 Å². The number of nitrogens with zero attached hydrogens (tertiary/aromatic N) is 4. The molecule has 4 aromatic rings. The Kier molecular flexibility index (Phi) is 6.51. The molecule has 4 rings (SSSR count). The largest absolute Gasteiger partial charge is 0.484 e. The van der Waals surface area contributed by atoms with Gasteiger partial charge >= 0.3 is 0 Å². The van der Waals surface area contributed by atoms with Crippen LogP contribution in [0, 0.1) is 10.1 Å². The van der Waals surface area contributed by atoms with Gasteiger partial charge in [-0.1, -0.05) is 48.5 Å². The summed E-state index contributed by atoms with van der Waals surface area (Å²) in [4.78, 5) is 22.3. The number of ether oxygens (including phenoxy) is 1. The molecule has 0 aliphatic heterocycles. The minimum Gasteiger partial charge on any atom is -0.484 e. The molecule has 0 spiro atoms. The second kappa shape index (κ2) is 10.0. The smallest absolute Gasteiger partial charge is 0.277 e. The van der Waals surface area contributed by atoms with Crippen LogP contribution in [0.15, 0.2) is 96.2 Å². The minimum absolute atomic E-state index is 0.0540. The predicted octanol–water partition coefficient (Wildman–Crippen LogP) is 3.98. The van der Waals surface area contributed by atoms with Crippen molar-refractivity contribution in [2.45, 2.75) is 0 Å². The number of carbonyl (C=O) groups excluding carboxylic acids is 1. The lowest BCUT2D eigenvalue weighted by Crippen LogP contribution is -2.24. The van der Waals surface area contributed by atoms with Gasteiger partial charge in [0.1, 0.15) is 11.4 Å². The summed E-state index contributed by atoms with van der Waals surface area (Å²) >= 11 is 0. The zero-order chi connectivity index (χ0) is 23.0. The van der Waals surface area contributed by atoms with Crippen LogP contribution in [0.5, 0.6) is 5.75 Å². The number of para-hydroxylation sites is 1. The predicted molar refractivity (Wildman–Crippen MR) is 123 cm³/mol. The van der Waals surface area contributed by atoms with Crippen LogP contribution in [-0.2, 0) is 4.79 Å². The molecule has 0 bridgehead atoms. The Morgan fingerprint density at radius 2 is 1.70 bits per heavy atom. The molecule has 0 aliphatic carbocycles. The molecule has 3 aromatic carbocycles. The van der Waals surface area contributed by atoms with Crippen LogP contribution in [0.25, 0.3) is 16.9 Å². The summed E-state index contributed by atoms with van der Waals surface area (Å²) in [7, 11) is 0. The van der Waals surface area contributed by atoms with E-state index in [2.05, 4.69) is 15.6 Å². The van der Waals surface area contributed by atoms with E-state index in [0.29, 0.717) is 5.75 Å². The molecule has 0 atom stereocenters. The second-order valence-corrected chi connectivity index (χ2v) is 6.91. The van der Waals surface area contributed by atoms with Gasteiger partial charge in [0.2, 0.25) is 0 Å². The topological polar surface area (TPSA) is 112 Å². The van der Waals surface area contributed by atoms with Gasteiger partial charge in [-0.25, -0.2) is 10.1 Å².